The van der Waals surface area contributed by atoms with Crippen molar-refractivity contribution in [3.8, 4) is 5.75 Å². The third kappa shape index (κ3) is 4.49. The van der Waals surface area contributed by atoms with Crippen LogP contribution in [0.4, 0.5) is 0 Å². The van der Waals surface area contributed by atoms with Crippen LogP contribution in [-0.2, 0) is 0 Å². The molecule has 0 radical (unpaired) electrons. The zero-order chi connectivity index (χ0) is 13.4. The predicted molar refractivity (Wildman–Crippen MR) is 74.3 cm³/mol. The minimum absolute atomic E-state index is 0.117. The van der Waals surface area contributed by atoms with Gasteiger partial charge >= 0.3 is 0 Å². The topological polar surface area (TPSA) is 29.5 Å². The van der Waals surface area contributed by atoms with Gasteiger partial charge in [0.25, 0.3) is 0 Å². The van der Waals surface area contributed by atoms with E-state index in [2.05, 4.69) is 11.8 Å². The molecule has 0 aliphatic rings. The van der Waals surface area contributed by atoms with Crippen LogP contribution in [0, 0.1) is 0 Å². The molecule has 3 heteroatoms. The number of carbonyl (C=O) groups excluding carboxylic acids is 1. The minimum Gasteiger partial charge on any atom is -0.496 e. The summed E-state index contributed by atoms with van der Waals surface area (Å²) in [6.07, 6.45) is 3.56. The van der Waals surface area contributed by atoms with E-state index in [9.17, 15) is 4.79 Å². The quantitative estimate of drug-likeness (QED) is 0.524. The fourth-order valence-electron chi connectivity index (χ4n) is 1.92. The number of ketones is 1. The molecule has 1 aromatic carbocycles. The second kappa shape index (κ2) is 7.88. The monoisotopic (exact) mass is 249 g/mol. The summed E-state index contributed by atoms with van der Waals surface area (Å²) in [5, 5.41) is 0. The molecule has 0 aromatic heterocycles. The summed E-state index contributed by atoms with van der Waals surface area (Å²) < 4.78 is 5.21. The number of methoxy groups -OCH3 is 1. The molecule has 0 N–H and O–H groups in total. The summed E-state index contributed by atoms with van der Waals surface area (Å²) in [6.45, 7) is 3.60. The van der Waals surface area contributed by atoms with Crippen LogP contribution in [-0.4, -0.2) is 37.9 Å². The summed E-state index contributed by atoms with van der Waals surface area (Å²) in [4.78, 5) is 14.2. The molecule has 0 spiro atoms. The summed E-state index contributed by atoms with van der Waals surface area (Å²) in [5.41, 5.74) is 0.669. The average molecular weight is 249 g/mol. The Labute approximate surface area is 110 Å². The highest BCUT2D eigenvalue weighted by atomic mass is 16.5. The highest BCUT2D eigenvalue weighted by Gasteiger charge is 2.13. The first-order valence-corrected chi connectivity index (χ1v) is 6.53. The molecule has 0 fully saturated rings. The maximum Gasteiger partial charge on any atom is 0.180 e. The second-order valence-corrected chi connectivity index (χ2v) is 4.57. The summed E-state index contributed by atoms with van der Waals surface area (Å²) >= 11 is 0. The number of carbonyl (C=O) groups is 1. The Bertz CT molecular complexity index is 377. The standard InChI is InChI=1S/C15H23NO2/c1-4-5-8-11-16(2)12-14(17)13-9-6-7-10-15(13)18-3/h6-7,9-10H,4-5,8,11-12H2,1-3H3. The molecule has 18 heavy (non-hydrogen) atoms. The lowest BCUT2D eigenvalue weighted by Gasteiger charge is -2.16. The molecule has 0 aliphatic carbocycles. The fourth-order valence-corrected chi connectivity index (χ4v) is 1.92. The number of hydrogen-bond acceptors (Lipinski definition) is 3. The van der Waals surface area contributed by atoms with Gasteiger partial charge in [0, 0.05) is 0 Å². The van der Waals surface area contributed by atoms with Gasteiger partial charge < -0.3 is 4.74 Å². The Morgan fingerprint density at radius 3 is 2.67 bits per heavy atom. The lowest BCUT2D eigenvalue weighted by atomic mass is 10.1. The first-order valence-electron chi connectivity index (χ1n) is 6.53. The van der Waals surface area contributed by atoms with Crippen molar-refractivity contribution < 1.29 is 9.53 Å². The summed E-state index contributed by atoms with van der Waals surface area (Å²) in [6, 6.07) is 7.39. The van der Waals surface area contributed by atoms with Gasteiger partial charge in [-0.15, -0.1) is 0 Å². The molecular weight excluding hydrogens is 226 g/mol. The van der Waals surface area contributed by atoms with Crippen molar-refractivity contribution in [2.75, 3.05) is 27.2 Å². The number of likely N-dealkylation sites (N-methyl/N-ethyl adjacent to an activating group) is 1. The molecule has 1 rings (SSSR count). The van der Waals surface area contributed by atoms with E-state index in [1.807, 2.05) is 31.3 Å². The molecule has 100 valence electrons. The van der Waals surface area contributed by atoms with Crippen LogP contribution in [0.1, 0.15) is 36.5 Å². The van der Waals surface area contributed by atoms with Gasteiger partial charge in [0.05, 0.1) is 19.2 Å². The molecule has 0 atom stereocenters. The van der Waals surface area contributed by atoms with Gasteiger partial charge in [-0.25, -0.2) is 0 Å². The molecule has 0 heterocycles. The Kier molecular flexibility index (Phi) is 6.44. The first kappa shape index (κ1) is 14.7. The van der Waals surface area contributed by atoms with Gasteiger partial charge in [-0.1, -0.05) is 31.9 Å². The largest absolute Gasteiger partial charge is 0.496 e. The van der Waals surface area contributed by atoms with Crippen LogP contribution in [0.3, 0.4) is 0 Å². The zero-order valence-corrected chi connectivity index (χ0v) is 11.6. The molecule has 0 amide bonds. The summed E-state index contributed by atoms with van der Waals surface area (Å²) in [5.74, 6) is 0.774. The van der Waals surface area contributed by atoms with E-state index in [4.69, 9.17) is 4.74 Å². The molecule has 0 saturated heterocycles. The number of hydrogen-bond donors (Lipinski definition) is 0. The SMILES string of the molecule is CCCCCN(C)CC(=O)c1ccccc1OC. The van der Waals surface area contributed by atoms with Crippen molar-refractivity contribution in [3.63, 3.8) is 0 Å². The number of unbranched alkanes of at least 4 members (excludes halogenated alkanes) is 2. The van der Waals surface area contributed by atoms with Crippen molar-refractivity contribution in [2.24, 2.45) is 0 Å². The number of ether oxygens (including phenoxy) is 1. The number of benzene rings is 1. The van der Waals surface area contributed by atoms with Gasteiger partial charge in [-0.2, -0.15) is 0 Å². The van der Waals surface area contributed by atoms with Gasteiger partial charge in [0.15, 0.2) is 5.78 Å². The van der Waals surface area contributed by atoms with Crippen LogP contribution in [0.2, 0.25) is 0 Å². The van der Waals surface area contributed by atoms with Crippen LogP contribution >= 0.6 is 0 Å². The summed E-state index contributed by atoms with van der Waals surface area (Å²) in [7, 11) is 3.58. The normalized spacial score (nSPS) is 10.7. The molecule has 0 aliphatic heterocycles. The van der Waals surface area contributed by atoms with Crippen molar-refractivity contribution >= 4 is 5.78 Å². The van der Waals surface area contributed by atoms with Gasteiger partial charge in [-0.05, 0) is 32.1 Å². The third-order valence-electron chi connectivity index (χ3n) is 2.96. The molecule has 0 bridgehead atoms. The molecule has 1 aromatic rings. The Morgan fingerprint density at radius 2 is 2.00 bits per heavy atom. The van der Waals surface area contributed by atoms with E-state index in [0.29, 0.717) is 17.9 Å². The van der Waals surface area contributed by atoms with Crippen molar-refractivity contribution in [1.82, 2.24) is 4.90 Å². The Hall–Kier alpha value is -1.35. The highest BCUT2D eigenvalue weighted by molar-refractivity contribution is 6.00. The second-order valence-electron chi connectivity index (χ2n) is 4.57. The van der Waals surface area contributed by atoms with Crippen LogP contribution in [0.25, 0.3) is 0 Å². The van der Waals surface area contributed by atoms with Crippen LogP contribution in [0.5, 0.6) is 5.75 Å². The van der Waals surface area contributed by atoms with Crippen LogP contribution < -0.4 is 4.74 Å². The number of rotatable bonds is 8. The minimum atomic E-state index is 0.117. The molecule has 0 saturated carbocycles. The van der Waals surface area contributed by atoms with E-state index in [1.54, 1.807) is 7.11 Å². The fraction of sp³-hybridized carbons (Fsp3) is 0.533. The highest BCUT2D eigenvalue weighted by Crippen LogP contribution is 2.18. The van der Waals surface area contributed by atoms with Crippen molar-refractivity contribution in [2.45, 2.75) is 26.2 Å². The third-order valence-corrected chi connectivity index (χ3v) is 2.96. The van der Waals surface area contributed by atoms with E-state index in [1.165, 1.54) is 12.8 Å². The lowest BCUT2D eigenvalue weighted by molar-refractivity contribution is 0.0942. The molecule has 0 unspecified atom stereocenters. The van der Waals surface area contributed by atoms with Crippen LogP contribution in [0.15, 0.2) is 24.3 Å². The van der Waals surface area contributed by atoms with Crippen molar-refractivity contribution in [3.05, 3.63) is 29.8 Å². The van der Waals surface area contributed by atoms with Gasteiger partial charge in [0.2, 0.25) is 0 Å². The molecule has 3 nitrogen and oxygen atoms in total. The number of nitrogens with zero attached hydrogens (tertiary/aromatic N) is 1. The lowest BCUT2D eigenvalue weighted by Crippen LogP contribution is -2.27. The maximum absolute atomic E-state index is 12.1. The Balaban J connectivity index is 2.54. The average Bonchev–Trinajstić information content (AvgIpc) is 2.39. The van der Waals surface area contributed by atoms with E-state index < -0.39 is 0 Å². The predicted octanol–water partition coefficient (Wildman–Crippen LogP) is 3.00. The molecular formula is C15H23NO2. The van der Waals surface area contributed by atoms with E-state index >= 15 is 0 Å². The first-order chi connectivity index (χ1) is 8.69. The Morgan fingerprint density at radius 1 is 1.28 bits per heavy atom. The van der Waals surface area contributed by atoms with E-state index in [-0.39, 0.29) is 5.78 Å². The van der Waals surface area contributed by atoms with Gasteiger partial charge in [0.1, 0.15) is 5.75 Å². The zero-order valence-electron chi connectivity index (χ0n) is 11.6. The van der Waals surface area contributed by atoms with E-state index in [0.717, 1.165) is 13.0 Å². The van der Waals surface area contributed by atoms with Gasteiger partial charge in [-0.3, -0.25) is 9.69 Å². The van der Waals surface area contributed by atoms with Crippen molar-refractivity contribution in [1.29, 1.82) is 0 Å². The number of Topliss-reactive ketones (excluding diaryl/α,β-unsaturated/α-hetero) is 1. The number of para-hydroxylation sites is 1. The smallest absolute Gasteiger partial charge is 0.180 e. The maximum atomic E-state index is 12.1.